The maximum Gasteiger partial charge on any atom is 0.307 e. The Labute approximate surface area is 89.3 Å². The van der Waals surface area contributed by atoms with Gasteiger partial charge in [0.05, 0.1) is 11.8 Å². The summed E-state index contributed by atoms with van der Waals surface area (Å²) in [5.41, 5.74) is -0.356. The summed E-state index contributed by atoms with van der Waals surface area (Å²) in [6, 6.07) is 0. The van der Waals surface area contributed by atoms with E-state index in [2.05, 4.69) is 0 Å². The molecule has 1 aliphatic heterocycles. The molecule has 4 nitrogen and oxygen atoms in total. The Morgan fingerprint density at radius 1 is 1.20 bits per heavy atom. The van der Waals surface area contributed by atoms with Gasteiger partial charge in [0.2, 0.25) is 5.91 Å². The summed E-state index contributed by atoms with van der Waals surface area (Å²) in [6.45, 7) is 5.34. The number of aliphatic carboxylic acids is 1. The number of hydrogen-bond acceptors (Lipinski definition) is 2. The largest absolute Gasteiger partial charge is 0.481 e. The van der Waals surface area contributed by atoms with Crippen molar-refractivity contribution in [1.29, 1.82) is 0 Å². The molecule has 0 radical (unpaired) electrons. The van der Waals surface area contributed by atoms with Crippen molar-refractivity contribution in [1.82, 2.24) is 4.90 Å². The number of carboxylic acids is 1. The predicted molar refractivity (Wildman–Crippen MR) is 54.2 cm³/mol. The number of hydrogen-bond donors (Lipinski definition) is 1. The van der Waals surface area contributed by atoms with Gasteiger partial charge in [0.15, 0.2) is 0 Å². The van der Waals surface area contributed by atoms with E-state index in [4.69, 9.17) is 5.11 Å². The molecule has 2 atom stereocenters. The van der Waals surface area contributed by atoms with Gasteiger partial charge in [-0.3, -0.25) is 9.59 Å². The van der Waals surface area contributed by atoms with E-state index < -0.39 is 11.9 Å². The van der Waals surface area contributed by atoms with Gasteiger partial charge in [-0.25, -0.2) is 0 Å². The van der Waals surface area contributed by atoms with Crippen molar-refractivity contribution in [2.75, 3.05) is 13.1 Å². The van der Waals surface area contributed by atoms with Crippen LogP contribution in [0.1, 0.15) is 26.7 Å². The summed E-state index contributed by atoms with van der Waals surface area (Å²) in [4.78, 5) is 24.8. The van der Waals surface area contributed by atoms with Crippen LogP contribution in [0.25, 0.3) is 0 Å². The first kappa shape index (κ1) is 10.5. The van der Waals surface area contributed by atoms with Crippen LogP contribution in [0.5, 0.6) is 0 Å². The standard InChI is InChI=1S/C11H17NO3/c1-11(2)7(8(11)10(14)15)9(13)12-5-3-4-6-12/h7-8H,3-6H2,1-2H3,(H,14,15). The Morgan fingerprint density at radius 2 is 1.73 bits per heavy atom. The molecule has 1 N–H and O–H groups in total. The highest BCUT2D eigenvalue weighted by Gasteiger charge is 2.66. The van der Waals surface area contributed by atoms with E-state index in [1.165, 1.54) is 0 Å². The van der Waals surface area contributed by atoms with Crippen molar-refractivity contribution >= 4 is 11.9 Å². The lowest BCUT2D eigenvalue weighted by Gasteiger charge is -2.15. The van der Waals surface area contributed by atoms with E-state index in [1.54, 1.807) is 0 Å². The maximum absolute atomic E-state index is 12.0. The molecule has 0 bridgehead atoms. The summed E-state index contributed by atoms with van der Waals surface area (Å²) in [7, 11) is 0. The monoisotopic (exact) mass is 211 g/mol. The first-order valence-electron chi connectivity index (χ1n) is 5.48. The number of carbonyl (C=O) groups excluding carboxylic acids is 1. The molecule has 1 amide bonds. The quantitative estimate of drug-likeness (QED) is 0.740. The van der Waals surface area contributed by atoms with Crippen molar-refractivity contribution in [2.24, 2.45) is 17.3 Å². The van der Waals surface area contributed by atoms with Crippen LogP contribution in [0, 0.1) is 17.3 Å². The third-order valence-corrected chi connectivity index (χ3v) is 3.78. The van der Waals surface area contributed by atoms with Crippen LogP contribution in [0.4, 0.5) is 0 Å². The average Bonchev–Trinajstić information content (AvgIpc) is 2.57. The number of likely N-dealkylation sites (tertiary alicyclic amines) is 1. The van der Waals surface area contributed by atoms with E-state index in [0.717, 1.165) is 25.9 Å². The molecular formula is C11H17NO3. The third kappa shape index (κ3) is 1.52. The zero-order chi connectivity index (χ0) is 11.2. The first-order valence-corrected chi connectivity index (χ1v) is 5.48. The van der Waals surface area contributed by atoms with Crippen molar-refractivity contribution < 1.29 is 14.7 Å². The molecule has 1 saturated carbocycles. The molecule has 1 saturated heterocycles. The van der Waals surface area contributed by atoms with Crippen molar-refractivity contribution in [3.8, 4) is 0 Å². The van der Waals surface area contributed by atoms with Crippen molar-refractivity contribution in [3.05, 3.63) is 0 Å². The van der Waals surface area contributed by atoms with E-state index in [0.29, 0.717) is 0 Å². The van der Waals surface area contributed by atoms with Crippen LogP contribution < -0.4 is 0 Å². The van der Waals surface area contributed by atoms with Gasteiger partial charge >= 0.3 is 5.97 Å². The van der Waals surface area contributed by atoms with E-state index in [-0.39, 0.29) is 17.2 Å². The Balaban J connectivity index is 2.06. The Kier molecular flexibility index (Phi) is 2.24. The van der Waals surface area contributed by atoms with Crippen LogP contribution in [0.15, 0.2) is 0 Å². The number of rotatable bonds is 2. The molecular weight excluding hydrogens is 194 g/mol. The lowest BCUT2D eigenvalue weighted by molar-refractivity contribution is -0.141. The van der Waals surface area contributed by atoms with Crippen LogP contribution in [0.2, 0.25) is 0 Å². The smallest absolute Gasteiger partial charge is 0.307 e. The summed E-state index contributed by atoms with van der Waals surface area (Å²) in [5, 5.41) is 8.98. The normalized spacial score (nSPS) is 32.8. The maximum atomic E-state index is 12.0. The van der Waals surface area contributed by atoms with Crippen molar-refractivity contribution in [2.45, 2.75) is 26.7 Å². The number of carbonyl (C=O) groups is 2. The Hall–Kier alpha value is -1.06. The second-order valence-corrected chi connectivity index (χ2v) is 5.15. The highest BCUT2D eigenvalue weighted by molar-refractivity contribution is 5.91. The van der Waals surface area contributed by atoms with Gasteiger partial charge in [-0.1, -0.05) is 13.8 Å². The molecule has 2 rings (SSSR count). The first-order chi connectivity index (χ1) is 6.96. The van der Waals surface area contributed by atoms with E-state index in [1.807, 2.05) is 18.7 Å². The minimum Gasteiger partial charge on any atom is -0.481 e. The molecule has 2 aliphatic rings. The van der Waals surface area contributed by atoms with Gasteiger partial charge in [0.25, 0.3) is 0 Å². The fraction of sp³-hybridized carbons (Fsp3) is 0.818. The average molecular weight is 211 g/mol. The zero-order valence-electron chi connectivity index (χ0n) is 9.19. The Bertz CT molecular complexity index is 305. The second kappa shape index (κ2) is 3.22. The topological polar surface area (TPSA) is 57.6 Å². The molecule has 4 heteroatoms. The number of amides is 1. The molecule has 1 aliphatic carbocycles. The molecule has 2 fully saturated rings. The van der Waals surface area contributed by atoms with Crippen LogP contribution in [-0.2, 0) is 9.59 Å². The zero-order valence-corrected chi connectivity index (χ0v) is 9.19. The molecule has 0 aromatic carbocycles. The molecule has 84 valence electrons. The fourth-order valence-corrected chi connectivity index (χ4v) is 2.69. The second-order valence-electron chi connectivity index (χ2n) is 5.15. The predicted octanol–water partition coefficient (Wildman–Crippen LogP) is 0.966. The highest BCUT2D eigenvalue weighted by Crippen LogP contribution is 2.59. The molecule has 0 aromatic heterocycles. The number of carboxylic acid groups (broad SMARTS) is 1. The van der Waals surface area contributed by atoms with Gasteiger partial charge < -0.3 is 10.0 Å². The van der Waals surface area contributed by atoms with Crippen LogP contribution >= 0.6 is 0 Å². The lowest BCUT2D eigenvalue weighted by Crippen LogP contribution is -2.30. The fourth-order valence-electron chi connectivity index (χ4n) is 2.69. The van der Waals surface area contributed by atoms with Gasteiger partial charge in [-0.15, -0.1) is 0 Å². The third-order valence-electron chi connectivity index (χ3n) is 3.78. The minimum absolute atomic E-state index is 0.0462. The summed E-state index contributed by atoms with van der Waals surface area (Å²) < 4.78 is 0. The molecule has 2 unspecified atom stereocenters. The highest BCUT2D eigenvalue weighted by atomic mass is 16.4. The SMILES string of the molecule is CC1(C)C(C(=O)O)C1C(=O)N1CCCC1. The number of nitrogens with zero attached hydrogens (tertiary/aromatic N) is 1. The summed E-state index contributed by atoms with van der Waals surface area (Å²) in [5.74, 6) is -1.57. The molecule has 0 spiro atoms. The summed E-state index contributed by atoms with van der Waals surface area (Å²) in [6.07, 6.45) is 2.10. The van der Waals surface area contributed by atoms with E-state index in [9.17, 15) is 9.59 Å². The minimum atomic E-state index is -0.836. The molecule has 15 heavy (non-hydrogen) atoms. The van der Waals surface area contributed by atoms with Gasteiger partial charge in [0.1, 0.15) is 0 Å². The van der Waals surface area contributed by atoms with Crippen LogP contribution in [0.3, 0.4) is 0 Å². The van der Waals surface area contributed by atoms with Gasteiger partial charge in [-0.05, 0) is 18.3 Å². The van der Waals surface area contributed by atoms with Gasteiger partial charge in [-0.2, -0.15) is 0 Å². The van der Waals surface area contributed by atoms with Gasteiger partial charge in [0, 0.05) is 13.1 Å². The Morgan fingerprint density at radius 3 is 2.13 bits per heavy atom. The van der Waals surface area contributed by atoms with E-state index >= 15 is 0 Å². The summed E-state index contributed by atoms with van der Waals surface area (Å²) >= 11 is 0. The molecule has 1 heterocycles. The lowest BCUT2D eigenvalue weighted by atomic mass is 10.1. The molecule has 0 aromatic rings. The van der Waals surface area contributed by atoms with Crippen molar-refractivity contribution in [3.63, 3.8) is 0 Å². The van der Waals surface area contributed by atoms with Crippen LogP contribution in [-0.4, -0.2) is 35.0 Å².